The van der Waals surface area contributed by atoms with Crippen LogP contribution in [0.2, 0.25) is 0 Å². The zero-order chi connectivity index (χ0) is 11.3. The average Bonchev–Trinajstić information content (AvgIpc) is 2.15. The summed E-state index contributed by atoms with van der Waals surface area (Å²) < 4.78 is 5.68. The molecular weight excluding hydrogens is 188 g/mol. The van der Waals surface area contributed by atoms with Gasteiger partial charge in [0.1, 0.15) is 0 Å². The summed E-state index contributed by atoms with van der Waals surface area (Å²) in [6, 6.07) is 0. The SMILES string of the molecule is CNCC1CN(CCC(C)(C)C)CCO1. The second kappa shape index (κ2) is 5.83. The minimum absolute atomic E-state index is 0.378. The summed E-state index contributed by atoms with van der Waals surface area (Å²) in [5.74, 6) is 0. The number of likely N-dealkylation sites (N-methyl/N-ethyl adjacent to an activating group) is 1. The summed E-state index contributed by atoms with van der Waals surface area (Å²) in [6.07, 6.45) is 1.64. The van der Waals surface area contributed by atoms with Gasteiger partial charge in [0.25, 0.3) is 0 Å². The predicted molar refractivity (Wildman–Crippen MR) is 64.2 cm³/mol. The Labute approximate surface area is 94.2 Å². The minimum Gasteiger partial charge on any atom is -0.374 e. The Hall–Kier alpha value is -0.120. The molecule has 0 aromatic carbocycles. The summed E-state index contributed by atoms with van der Waals surface area (Å²) in [4.78, 5) is 2.52. The van der Waals surface area contributed by atoms with Crippen LogP contribution < -0.4 is 5.32 Å². The second-order valence-corrected chi connectivity index (χ2v) is 5.66. The van der Waals surface area contributed by atoms with E-state index in [1.165, 1.54) is 13.0 Å². The van der Waals surface area contributed by atoms with Crippen molar-refractivity contribution in [2.24, 2.45) is 5.41 Å². The van der Waals surface area contributed by atoms with Crippen LogP contribution in [0.25, 0.3) is 0 Å². The fourth-order valence-corrected chi connectivity index (χ4v) is 1.83. The van der Waals surface area contributed by atoms with Gasteiger partial charge in [0.15, 0.2) is 0 Å². The van der Waals surface area contributed by atoms with Gasteiger partial charge >= 0.3 is 0 Å². The Kier molecular flexibility index (Phi) is 5.03. The monoisotopic (exact) mass is 214 g/mol. The molecule has 1 heterocycles. The lowest BCUT2D eigenvalue weighted by molar-refractivity contribution is -0.0287. The lowest BCUT2D eigenvalue weighted by Gasteiger charge is -2.34. The highest BCUT2D eigenvalue weighted by atomic mass is 16.5. The molecule has 0 bridgehead atoms. The summed E-state index contributed by atoms with van der Waals surface area (Å²) in [7, 11) is 1.98. The van der Waals surface area contributed by atoms with E-state index in [1.807, 2.05) is 7.05 Å². The van der Waals surface area contributed by atoms with Gasteiger partial charge in [-0.15, -0.1) is 0 Å². The van der Waals surface area contributed by atoms with Crippen LogP contribution in [0.15, 0.2) is 0 Å². The van der Waals surface area contributed by atoms with E-state index in [-0.39, 0.29) is 0 Å². The van der Waals surface area contributed by atoms with Gasteiger partial charge in [-0.3, -0.25) is 4.90 Å². The molecule has 90 valence electrons. The van der Waals surface area contributed by atoms with Crippen LogP contribution in [0.4, 0.5) is 0 Å². The molecule has 0 aromatic rings. The van der Waals surface area contributed by atoms with Gasteiger partial charge in [0.05, 0.1) is 12.7 Å². The van der Waals surface area contributed by atoms with Crippen molar-refractivity contribution in [3.8, 4) is 0 Å². The van der Waals surface area contributed by atoms with Gasteiger partial charge in [-0.1, -0.05) is 20.8 Å². The van der Waals surface area contributed by atoms with Crippen molar-refractivity contribution in [3.63, 3.8) is 0 Å². The first kappa shape index (κ1) is 12.9. The van der Waals surface area contributed by atoms with Crippen LogP contribution in [0.1, 0.15) is 27.2 Å². The highest BCUT2D eigenvalue weighted by molar-refractivity contribution is 4.74. The molecule has 15 heavy (non-hydrogen) atoms. The van der Waals surface area contributed by atoms with Crippen molar-refractivity contribution in [3.05, 3.63) is 0 Å². The van der Waals surface area contributed by atoms with Crippen molar-refractivity contribution < 1.29 is 4.74 Å². The molecule has 1 saturated heterocycles. The first-order valence-electron chi connectivity index (χ1n) is 6.00. The summed E-state index contributed by atoms with van der Waals surface area (Å²) in [6.45, 7) is 12.1. The molecule has 0 aromatic heterocycles. The van der Waals surface area contributed by atoms with Crippen LogP contribution in [0.3, 0.4) is 0 Å². The quantitative estimate of drug-likeness (QED) is 0.764. The average molecular weight is 214 g/mol. The number of ether oxygens (including phenoxy) is 1. The molecule has 1 atom stereocenters. The number of morpholine rings is 1. The third kappa shape index (κ3) is 5.50. The van der Waals surface area contributed by atoms with Crippen molar-refractivity contribution in [1.29, 1.82) is 0 Å². The van der Waals surface area contributed by atoms with E-state index in [9.17, 15) is 0 Å². The Morgan fingerprint density at radius 2 is 2.13 bits per heavy atom. The first-order chi connectivity index (χ1) is 7.01. The molecule has 1 aliphatic heterocycles. The van der Waals surface area contributed by atoms with E-state index >= 15 is 0 Å². The molecule has 0 radical (unpaired) electrons. The Morgan fingerprint density at radius 3 is 2.73 bits per heavy atom. The maximum atomic E-state index is 5.68. The van der Waals surface area contributed by atoms with E-state index in [4.69, 9.17) is 4.74 Å². The fraction of sp³-hybridized carbons (Fsp3) is 1.00. The van der Waals surface area contributed by atoms with Gasteiger partial charge in [-0.05, 0) is 25.4 Å². The first-order valence-corrected chi connectivity index (χ1v) is 6.00. The molecule has 1 aliphatic rings. The summed E-state index contributed by atoms with van der Waals surface area (Å²) in [5, 5.41) is 3.18. The van der Waals surface area contributed by atoms with Crippen molar-refractivity contribution in [1.82, 2.24) is 10.2 Å². The number of hydrogen-bond donors (Lipinski definition) is 1. The van der Waals surface area contributed by atoms with Gasteiger partial charge in [-0.2, -0.15) is 0 Å². The Bertz CT molecular complexity index is 175. The molecule has 1 N–H and O–H groups in total. The highest BCUT2D eigenvalue weighted by Gasteiger charge is 2.21. The predicted octanol–water partition coefficient (Wildman–Crippen LogP) is 1.34. The van der Waals surface area contributed by atoms with Crippen molar-refractivity contribution in [2.75, 3.05) is 39.8 Å². The van der Waals surface area contributed by atoms with Crippen LogP contribution in [-0.2, 0) is 4.74 Å². The van der Waals surface area contributed by atoms with E-state index < -0.39 is 0 Å². The van der Waals surface area contributed by atoms with Crippen LogP contribution in [-0.4, -0.2) is 50.8 Å². The van der Waals surface area contributed by atoms with Crippen LogP contribution in [0, 0.1) is 5.41 Å². The molecule has 3 nitrogen and oxygen atoms in total. The smallest absolute Gasteiger partial charge is 0.0826 e. The van der Waals surface area contributed by atoms with Crippen molar-refractivity contribution in [2.45, 2.75) is 33.3 Å². The molecule has 1 rings (SSSR count). The van der Waals surface area contributed by atoms with E-state index in [1.54, 1.807) is 0 Å². The summed E-state index contributed by atoms with van der Waals surface area (Å²) >= 11 is 0. The molecule has 1 unspecified atom stereocenters. The molecule has 0 spiro atoms. The molecule has 3 heteroatoms. The van der Waals surface area contributed by atoms with Gasteiger partial charge < -0.3 is 10.1 Å². The standard InChI is InChI=1S/C12H26N2O/c1-12(2,3)5-6-14-7-8-15-11(10-14)9-13-4/h11,13H,5-10H2,1-4H3. The van der Waals surface area contributed by atoms with Gasteiger partial charge in [0.2, 0.25) is 0 Å². The fourth-order valence-electron chi connectivity index (χ4n) is 1.83. The number of nitrogens with one attached hydrogen (secondary N) is 1. The maximum Gasteiger partial charge on any atom is 0.0826 e. The molecule has 1 fully saturated rings. The Balaban J connectivity index is 2.24. The van der Waals surface area contributed by atoms with Gasteiger partial charge in [0, 0.05) is 19.6 Å². The van der Waals surface area contributed by atoms with E-state index in [0.717, 1.165) is 26.2 Å². The zero-order valence-electron chi connectivity index (χ0n) is 10.7. The number of hydrogen-bond acceptors (Lipinski definition) is 3. The largest absolute Gasteiger partial charge is 0.374 e. The number of rotatable bonds is 4. The maximum absolute atomic E-state index is 5.68. The lowest BCUT2D eigenvalue weighted by atomic mass is 9.92. The molecule has 0 amide bonds. The van der Waals surface area contributed by atoms with E-state index in [0.29, 0.717) is 11.5 Å². The van der Waals surface area contributed by atoms with Crippen LogP contribution >= 0.6 is 0 Å². The molecule has 0 aliphatic carbocycles. The highest BCUT2D eigenvalue weighted by Crippen LogP contribution is 2.19. The summed E-state index contributed by atoms with van der Waals surface area (Å²) in [5.41, 5.74) is 0.441. The molecular formula is C12H26N2O. The topological polar surface area (TPSA) is 24.5 Å². The Morgan fingerprint density at radius 1 is 1.40 bits per heavy atom. The van der Waals surface area contributed by atoms with Crippen molar-refractivity contribution >= 4 is 0 Å². The normalized spacial score (nSPS) is 24.4. The zero-order valence-corrected chi connectivity index (χ0v) is 10.7. The minimum atomic E-state index is 0.378. The lowest BCUT2D eigenvalue weighted by Crippen LogP contribution is -2.46. The third-order valence-electron chi connectivity index (χ3n) is 2.83. The third-order valence-corrected chi connectivity index (χ3v) is 2.83. The molecule has 0 saturated carbocycles. The van der Waals surface area contributed by atoms with Crippen LogP contribution in [0.5, 0.6) is 0 Å². The van der Waals surface area contributed by atoms with Gasteiger partial charge in [-0.25, -0.2) is 0 Å². The number of nitrogens with zero attached hydrogens (tertiary/aromatic N) is 1. The second-order valence-electron chi connectivity index (χ2n) is 5.66. The van der Waals surface area contributed by atoms with E-state index in [2.05, 4.69) is 31.0 Å².